The maximum absolute atomic E-state index is 14.7. The Morgan fingerprint density at radius 3 is 2.50 bits per heavy atom. The number of rotatable bonds is 6. The third kappa shape index (κ3) is 4.18. The first-order valence-corrected chi connectivity index (χ1v) is 8.86. The molecule has 0 bridgehead atoms. The standard InChI is InChI=1S/C20H21F2N3O3/c1-24-7-6-23-10-15(24)11-25(12-26)14-3-5-17(19(22)9-14)16-4-2-13(20(27)28)8-18(16)21/h2-5,8-9,12,15,23H,6-7,10-11H2,1H3,(H,27,28). The number of hydrogen-bond acceptors (Lipinski definition) is 4. The maximum Gasteiger partial charge on any atom is 0.335 e. The molecule has 1 unspecified atom stereocenters. The number of benzene rings is 2. The third-order valence-electron chi connectivity index (χ3n) is 4.97. The number of carbonyl (C=O) groups excluding carboxylic acids is 1. The van der Waals surface area contributed by atoms with Crippen molar-refractivity contribution in [2.24, 2.45) is 0 Å². The average molecular weight is 389 g/mol. The van der Waals surface area contributed by atoms with Crippen LogP contribution in [0.15, 0.2) is 36.4 Å². The van der Waals surface area contributed by atoms with E-state index in [4.69, 9.17) is 5.11 Å². The molecule has 1 atom stereocenters. The lowest BCUT2D eigenvalue weighted by molar-refractivity contribution is -0.107. The molecule has 2 aromatic carbocycles. The fourth-order valence-corrected chi connectivity index (χ4v) is 3.27. The van der Waals surface area contributed by atoms with Crippen molar-refractivity contribution in [3.63, 3.8) is 0 Å². The van der Waals surface area contributed by atoms with Crippen LogP contribution in [0.25, 0.3) is 11.1 Å². The van der Waals surface area contributed by atoms with Gasteiger partial charge in [-0.3, -0.25) is 9.69 Å². The number of nitrogens with one attached hydrogen (secondary N) is 1. The summed E-state index contributed by atoms with van der Waals surface area (Å²) in [6.45, 7) is 2.86. The average Bonchev–Trinajstić information content (AvgIpc) is 2.67. The van der Waals surface area contributed by atoms with E-state index in [-0.39, 0.29) is 22.7 Å². The minimum atomic E-state index is -1.26. The molecule has 28 heavy (non-hydrogen) atoms. The van der Waals surface area contributed by atoms with Gasteiger partial charge in [0.2, 0.25) is 6.41 Å². The van der Waals surface area contributed by atoms with Crippen LogP contribution in [-0.2, 0) is 4.79 Å². The van der Waals surface area contributed by atoms with E-state index in [2.05, 4.69) is 10.2 Å². The molecule has 0 saturated carbocycles. The second kappa shape index (κ2) is 8.45. The van der Waals surface area contributed by atoms with Crippen molar-refractivity contribution in [1.82, 2.24) is 10.2 Å². The molecular formula is C20H21F2N3O3. The topological polar surface area (TPSA) is 72.9 Å². The molecule has 148 valence electrons. The highest BCUT2D eigenvalue weighted by Gasteiger charge is 2.22. The molecule has 2 N–H and O–H groups in total. The van der Waals surface area contributed by atoms with Crippen molar-refractivity contribution < 1.29 is 23.5 Å². The van der Waals surface area contributed by atoms with Crippen molar-refractivity contribution in [1.29, 1.82) is 0 Å². The van der Waals surface area contributed by atoms with Crippen LogP contribution in [0.1, 0.15) is 10.4 Å². The minimum Gasteiger partial charge on any atom is -0.478 e. The highest BCUT2D eigenvalue weighted by atomic mass is 19.1. The smallest absolute Gasteiger partial charge is 0.335 e. The molecule has 6 nitrogen and oxygen atoms in total. The van der Waals surface area contributed by atoms with Crippen LogP contribution in [-0.4, -0.2) is 61.7 Å². The molecule has 1 heterocycles. The van der Waals surface area contributed by atoms with E-state index in [0.29, 0.717) is 18.6 Å². The van der Waals surface area contributed by atoms with Gasteiger partial charge in [0, 0.05) is 49.0 Å². The van der Waals surface area contributed by atoms with Gasteiger partial charge in [-0.05, 0) is 37.4 Å². The zero-order chi connectivity index (χ0) is 20.3. The quantitative estimate of drug-likeness (QED) is 0.741. The molecule has 0 aromatic heterocycles. The Hall–Kier alpha value is -2.84. The van der Waals surface area contributed by atoms with Crippen molar-refractivity contribution in [3.05, 3.63) is 53.6 Å². The van der Waals surface area contributed by atoms with Crippen LogP contribution in [0, 0.1) is 11.6 Å². The fraction of sp³-hybridized carbons (Fsp3) is 0.300. The van der Waals surface area contributed by atoms with E-state index in [1.807, 2.05) is 7.05 Å². The number of likely N-dealkylation sites (N-methyl/N-ethyl adjacent to an activating group) is 1. The molecule has 0 aliphatic carbocycles. The highest BCUT2D eigenvalue weighted by Crippen LogP contribution is 2.29. The molecule has 1 fully saturated rings. The largest absolute Gasteiger partial charge is 0.478 e. The number of amides is 1. The first kappa shape index (κ1) is 19.9. The Morgan fingerprint density at radius 2 is 1.93 bits per heavy atom. The molecule has 0 spiro atoms. The second-order valence-corrected chi connectivity index (χ2v) is 6.76. The fourth-order valence-electron chi connectivity index (χ4n) is 3.27. The molecule has 8 heteroatoms. The van der Waals surface area contributed by atoms with Gasteiger partial charge in [-0.2, -0.15) is 0 Å². The Labute approximate surface area is 161 Å². The lowest BCUT2D eigenvalue weighted by Crippen LogP contribution is -2.54. The molecular weight excluding hydrogens is 368 g/mol. The van der Waals surface area contributed by atoms with Gasteiger partial charge in [0.1, 0.15) is 11.6 Å². The van der Waals surface area contributed by atoms with E-state index in [0.717, 1.165) is 25.7 Å². The van der Waals surface area contributed by atoms with Gasteiger partial charge in [-0.25, -0.2) is 13.6 Å². The Morgan fingerprint density at radius 1 is 1.25 bits per heavy atom. The number of hydrogen-bond donors (Lipinski definition) is 2. The number of piperazine rings is 1. The van der Waals surface area contributed by atoms with Gasteiger partial charge in [0.05, 0.1) is 5.56 Å². The number of halogens is 2. The van der Waals surface area contributed by atoms with Gasteiger partial charge in [-0.15, -0.1) is 0 Å². The summed E-state index contributed by atoms with van der Waals surface area (Å²) in [5.41, 5.74) is 0.122. The van der Waals surface area contributed by atoms with E-state index < -0.39 is 17.6 Å². The predicted octanol–water partition coefficient (Wildman–Crippen LogP) is 2.20. The molecule has 1 saturated heterocycles. The minimum absolute atomic E-state index is 0.000453. The van der Waals surface area contributed by atoms with E-state index in [9.17, 15) is 18.4 Å². The number of carboxylic acid groups (broad SMARTS) is 1. The normalized spacial score (nSPS) is 17.3. The van der Waals surface area contributed by atoms with Crippen LogP contribution in [0.4, 0.5) is 14.5 Å². The lowest BCUT2D eigenvalue weighted by Gasteiger charge is -2.35. The number of anilines is 1. The van der Waals surface area contributed by atoms with Crippen LogP contribution < -0.4 is 10.2 Å². The summed E-state index contributed by atoms with van der Waals surface area (Å²) < 4.78 is 28.9. The van der Waals surface area contributed by atoms with Crippen molar-refractivity contribution in [3.8, 4) is 11.1 Å². The van der Waals surface area contributed by atoms with E-state index in [1.165, 1.54) is 29.2 Å². The van der Waals surface area contributed by atoms with Crippen molar-refractivity contribution in [2.45, 2.75) is 6.04 Å². The monoisotopic (exact) mass is 389 g/mol. The summed E-state index contributed by atoms with van der Waals surface area (Å²) in [4.78, 5) is 26.0. The molecule has 0 radical (unpaired) electrons. The maximum atomic E-state index is 14.7. The highest BCUT2D eigenvalue weighted by molar-refractivity contribution is 5.88. The van der Waals surface area contributed by atoms with Gasteiger partial charge in [0.15, 0.2) is 0 Å². The number of nitrogens with zero attached hydrogens (tertiary/aromatic N) is 2. The molecule has 1 aliphatic rings. The van der Waals surface area contributed by atoms with Crippen LogP contribution in [0.2, 0.25) is 0 Å². The number of aromatic carboxylic acids is 1. The van der Waals surface area contributed by atoms with Crippen LogP contribution >= 0.6 is 0 Å². The second-order valence-electron chi connectivity index (χ2n) is 6.76. The molecule has 1 aliphatic heterocycles. The number of carbonyl (C=O) groups is 2. The Kier molecular flexibility index (Phi) is 6.01. The van der Waals surface area contributed by atoms with Gasteiger partial charge < -0.3 is 15.3 Å². The van der Waals surface area contributed by atoms with E-state index >= 15 is 0 Å². The zero-order valence-corrected chi connectivity index (χ0v) is 15.4. The first-order valence-electron chi connectivity index (χ1n) is 8.86. The van der Waals surface area contributed by atoms with Crippen LogP contribution in [0.5, 0.6) is 0 Å². The van der Waals surface area contributed by atoms with Gasteiger partial charge in [-0.1, -0.05) is 6.07 Å². The molecule has 1 amide bonds. The van der Waals surface area contributed by atoms with Crippen molar-refractivity contribution in [2.75, 3.05) is 38.1 Å². The van der Waals surface area contributed by atoms with Gasteiger partial charge >= 0.3 is 5.97 Å². The molecule has 3 rings (SSSR count). The Bertz CT molecular complexity index is 891. The summed E-state index contributed by atoms with van der Waals surface area (Å²) in [5.74, 6) is -2.78. The van der Waals surface area contributed by atoms with Crippen LogP contribution in [0.3, 0.4) is 0 Å². The summed E-state index contributed by atoms with van der Waals surface area (Å²) in [6.07, 6.45) is 0.652. The predicted molar refractivity (Wildman–Crippen MR) is 101 cm³/mol. The third-order valence-corrected chi connectivity index (χ3v) is 4.97. The summed E-state index contributed by atoms with van der Waals surface area (Å²) in [5, 5.41) is 12.2. The first-order chi connectivity index (χ1) is 13.4. The van der Waals surface area contributed by atoms with E-state index in [1.54, 1.807) is 6.07 Å². The summed E-state index contributed by atoms with van der Waals surface area (Å²) >= 11 is 0. The van der Waals surface area contributed by atoms with Crippen molar-refractivity contribution >= 4 is 18.1 Å². The lowest BCUT2D eigenvalue weighted by atomic mass is 10.0. The van der Waals surface area contributed by atoms with Gasteiger partial charge in [0.25, 0.3) is 0 Å². The molecule has 2 aromatic rings. The SMILES string of the molecule is CN1CCNCC1CN(C=O)c1ccc(-c2ccc(C(=O)O)cc2F)c(F)c1. The summed E-state index contributed by atoms with van der Waals surface area (Å²) in [7, 11) is 1.97. The zero-order valence-electron chi connectivity index (χ0n) is 15.4. The Balaban J connectivity index is 1.85. The summed E-state index contributed by atoms with van der Waals surface area (Å²) in [6, 6.07) is 7.53. The number of carboxylic acids is 1.